The molecule has 96 valence electrons. The van der Waals surface area contributed by atoms with Gasteiger partial charge < -0.3 is 0 Å². The van der Waals surface area contributed by atoms with Crippen molar-refractivity contribution in [3.05, 3.63) is 33.9 Å². The number of nitriles is 1. The summed E-state index contributed by atoms with van der Waals surface area (Å²) in [5.74, 6) is -0.775. The summed E-state index contributed by atoms with van der Waals surface area (Å²) in [5, 5.41) is 19.6. The van der Waals surface area contributed by atoms with Crippen LogP contribution in [-0.4, -0.2) is 16.7 Å². The Balaban J connectivity index is 2.50. The van der Waals surface area contributed by atoms with Gasteiger partial charge in [-0.25, -0.2) is 4.90 Å². The fourth-order valence-electron chi connectivity index (χ4n) is 1.94. The lowest BCUT2D eigenvalue weighted by Crippen LogP contribution is -2.40. The van der Waals surface area contributed by atoms with E-state index in [0.717, 1.165) is 11.0 Å². The number of rotatable bonds is 2. The third kappa shape index (κ3) is 2.28. The maximum absolute atomic E-state index is 11.8. The van der Waals surface area contributed by atoms with Gasteiger partial charge in [0.1, 0.15) is 6.07 Å². The van der Waals surface area contributed by atoms with Gasteiger partial charge in [0.15, 0.2) is 0 Å². The highest BCUT2D eigenvalue weighted by atomic mass is 16.6. The van der Waals surface area contributed by atoms with E-state index in [1.54, 1.807) is 6.07 Å². The van der Waals surface area contributed by atoms with Crippen molar-refractivity contribution >= 4 is 23.2 Å². The lowest BCUT2D eigenvalue weighted by molar-refractivity contribution is -0.384. The summed E-state index contributed by atoms with van der Waals surface area (Å²) in [6, 6.07) is 5.27. The monoisotopic (exact) mass is 259 g/mol. The van der Waals surface area contributed by atoms with Crippen LogP contribution in [0.1, 0.15) is 24.8 Å². The standard InChI is InChI=1S/C12H9N3O4/c13-7-8-6-9(15(18)19)4-5-10(8)14-11(16)2-1-3-12(14)17/h4-6H,1-3H2. The highest BCUT2D eigenvalue weighted by Gasteiger charge is 2.29. The number of carbonyl (C=O) groups excluding carboxylic acids is 2. The number of imide groups is 1. The molecule has 0 N–H and O–H groups in total. The van der Waals surface area contributed by atoms with Crippen LogP contribution >= 0.6 is 0 Å². The normalized spacial score (nSPS) is 15.2. The molecule has 1 heterocycles. The van der Waals surface area contributed by atoms with Gasteiger partial charge in [0.2, 0.25) is 11.8 Å². The SMILES string of the molecule is N#Cc1cc([N+](=O)[O-])ccc1N1C(=O)CCCC1=O. The van der Waals surface area contributed by atoms with Gasteiger partial charge in [0.05, 0.1) is 16.2 Å². The first kappa shape index (κ1) is 12.7. The molecule has 0 aromatic heterocycles. The molecule has 1 aliphatic rings. The maximum atomic E-state index is 11.8. The molecule has 1 fully saturated rings. The van der Waals surface area contributed by atoms with E-state index in [0.29, 0.717) is 6.42 Å². The van der Waals surface area contributed by atoms with Crippen LogP contribution in [0.5, 0.6) is 0 Å². The Hall–Kier alpha value is -2.75. The number of hydrogen-bond donors (Lipinski definition) is 0. The summed E-state index contributed by atoms with van der Waals surface area (Å²) in [6.45, 7) is 0. The molecule has 0 saturated carbocycles. The van der Waals surface area contributed by atoms with E-state index >= 15 is 0 Å². The van der Waals surface area contributed by atoms with Gasteiger partial charge >= 0.3 is 0 Å². The molecule has 2 amide bonds. The van der Waals surface area contributed by atoms with Crippen molar-refractivity contribution in [1.29, 1.82) is 5.26 Å². The van der Waals surface area contributed by atoms with Gasteiger partial charge in [-0.15, -0.1) is 0 Å². The van der Waals surface area contributed by atoms with Crippen LogP contribution in [0, 0.1) is 21.4 Å². The van der Waals surface area contributed by atoms with Gasteiger partial charge in [-0.2, -0.15) is 5.26 Å². The number of nitro benzene ring substituents is 1. The van der Waals surface area contributed by atoms with Crippen molar-refractivity contribution in [3.8, 4) is 6.07 Å². The van der Waals surface area contributed by atoms with Crippen LogP contribution in [0.3, 0.4) is 0 Å². The third-order valence-corrected chi connectivity index (χ3v) is 2.83. The van der Waals surface area contributed by atoms with E-state index in [1.807, 2.05) is 0 Å². The number of amides is 2. The van der Waals surface area contributed by atoms with Crippen LogP contribution in [0.15, 0.2) is 18.2 Å². The van der Waals surface area contributed by atoms with Crippen molar-refractivity contribution < 1.29 is 14.5 Å². The van der Waals surface area contributed by atoms with Gasteiger partial charge in [0.25, 0.3) is 5.69 Å². The van der Waals surface area contributed by atoms with Crippen molar-refractivity contribution in [2.75, 3.05) is 4.90 Å². The van der Waals surface area contributed by atoms with Crippen LogP contribution < -0.4 is 4.90 Å². The number of piperidine rings is 1. The Bertz CT molecular complexity index is 602. The second-order valence-corrected chi connectivity index (χ2v) is 4.05. The molecular weight excluding hydrogens is 250 g/mol. The lowest BCUT2D eigenvalue weighted by Gasteiger charge is -2.25. The molecule has 0 radical (unpaired) electrons. The minimum absolute atomic E-state index is 0.0576. The van der Waals surface area contributed by atoms with E-state index in [9.17, 15) is 19.7 Å². The predicted molar refractivity (Wildman–Crippen MR) is 64.2 cm³/mol. The number of anilines is 1. The van der Waals surface area contributed by atoms with Crippen LogP contribution in [0.2, 0.25) is 0 Å². The van der Waals surface area contributed by atoms with Crippen LogP contribution in [0.4, 0.5) is 11.4 Å². The Morgan fingerprint density at radius 2 is 1.89 bits per heavy atom. The molecule has 1 saturated heterocycles. The van der Waals surface area contributed by atoms with Crippen molar-refractivity contribution in [2.24, 2.45) is 0 Å². The average Bonchev–Trinajstić information content (AvgIpc) is 2.38. The van der Waals surface area contributed by atoms with E-state index < -0.39 is 4.92 Å². The van der Waals surface area contributed by atoms with Gasteiger partial charge in [-0.3, -0.25) is 19.7 Å². The molecule has 1 aromatic rings. The molecule has 7 nitrogen and oxygen atoms in total. The number of non-ortho nitro benzene ring substituents is 1. The molecule has 0 spiro atoms. The Morgan fingerprint density at radius 1 is 1.26 bits per heavy atom. The highest BCUT2D eigenvalue weighted by molar-refractivity contribution is 6.17. The Morgan fingerprint density at radius 3 is 2.42 bits per heavy atom. The van der Waals surface area contributed by atoms with Gasteiger partial charge in [-0.05, 0) is 12.5 Å². The summed E-state index contributed by atoms with van der Waals surface area (Å²) in [4.78, 5) is 34.4. The molecular formula is C12H9N3O4. The summed E-state index contributed by atoms with van der Waals surface area (Å²) >= 11 is 0. The number of benzene rings is 1. The fraction of sp³-hybridized carbons (Fsp3) is 0.250. The van der Waals surface area contributed by atoms with E-state index in [-0.39, 0.29) is 41.6 Å². The van der Waals surface area contributed by atoms with E-state index in [1.165, 1.54) is 12.1 Å². The van der Waals surface area contributed by atoms with Crippen molar-refractivity contribution in [3.63, 3.8) is 0 Å². The largest absolute Gasteiger partial charge is 0.274 e. The zero-order valence-corrected chi connectivity index (χ0v) is 9.83. The minimum atomic E-state index is -0.634. The number of nitro groups is 1. The topological polar surface area (TPSA) is 104 Å². The summed E-state index contributed by atoms with van der Waals surface area (Å²) in [7, 11) is 0. The number of nitrogens with zero attached hydrogens (tertiary/aromatic N) is 3. The third-order valence-electron chi connectivity index (χ3n) is 2.83. The molecule has 1 aliphatic heterocycles. The molecule has 2 rings (SSSR count). The average molecular weight is 259 g/mol. The van der Waals surface area contributed by atoms with Crippen molar-refractivity contribution in [1.82, 2.24) is 0 Å². The second kappa shape index (κ2) is 4.86. The first-order chi connectivity index (χ1) is 9.04. The molecule has 0 aliphatic carbocycles. The maximum Gasteiger partial charge on any atom is 0.270 e. The summed E-state index contributed by atoms with van der Waals surface area (Å²) < 4.78 is 0. The zero-order chi connectivity index (χ0) is 14.0. The first-order valence-electron chi connectivity index (χ1n) is 5.59. The first-order valence-corrected chi connectivity index (χ1v) is 5.59. The van der Waals surface area contributed by atoms with Crippen molar-refractivity contribution in [2.45, 2.75) is 19.3 Å². The Kier molecular flexibility index (Phi) is 3.25. The fourth-order valence-corrected chi connectivity index (χ4v) is 1.94. The molecule has 1 aromatic carbocycles. The molecule has 0 unspecified atom stereocenters. The Labute approximate surface area is 108 Å². The molecule has 19 heavy (non-hydrogen) atoms. The summed E-state index contributed by atoms with van der Waals surface area (Å²) in [5.41, 5.74) is -0.196. The van der Waals surface area contributed by atoms with Crippen LogP contribution in [0.25, 0.3) is 0 Å². The highest BCUT2D eigenvalue weighted by Crippen LogP contribution is 2.28. The number of hydrogen-bond acceptors (Lipinski definition) is 5. The van der Waals surface area contributed by atoms with Gasteiger partial charge in [0, 0.05) is 25.0 Å². The van der Waals surface area contributed by atoms with E-state index in [2.05, 4.69) is 0 Å². The quantitative estimate of drug-likeness (QED) is 0.454. The smallest absolute Gasteiger partial charge is 0.270 e. The molecule has 0 atom stereocenters. The molecule has 0 bridgehead atoms. The predicted octanol–water partition coefficient (Wildman–Crippen LogP) is 1.51. The molecule has 7 heteroatoms. The van der Waals surface area contributed by atoms with E-state index in [4.69, 9.17) is 5.26 Å². The van der Waals surface area contributed by atoms with Gasteiger partial charge in [-0.1, -0.05) is 0 Å². The zero-order valence-electron chi connectivity index (χ0n) is 9.83. The summed E-state index contributed by atoms with van der Waals surface area (Å²) in [6.07, 6.45) is 0.949. The van der Waals surface area contributed by atoms with Crippen LogP contribution in [-0.2, 0) is 9.59 Å². The number of carbonyl (C=O) groups is 2. The second-order valence-electron chi connectivity index (χ2n) is 4.05. The lowest BCUT2D eigenvalue weighted by atomic mass is 10.1. The minimum Gasteiger partial charge on any atom is -0.274 e.